The SMILES string of the molecule is Cc1ccc(NC(=O)C(C)C)cc1NC(=O)N1C[C@@H](C)C[C@H](C)C1. The number of carbonyl (C=O) groups excluding carboxylic acids is 2. The maximum absolute atomic E-state index is 12.6. The number of nitrogens with one attached hydrogen (secondary N) is 2. The van der Waals surface area contributed by atoms with Gasteiger partial charge in [0.1, 0.15) is 0 Å². The Kier molecular flexibility index (Phi) is 5.86. The monoisotopic (exact) mass is 331 g/mol. The summed E-state index contributed by atoms with van der Waals surface area (Å²) in [6, 6.07) is 5.53. The van der Waals surface area contributed by atoms with Crippen molar-refractivity contribution in [2.45, 2.75) is 41.0 Å². The van der Waals surface area contributed by atoms with Gasteiger partial charge >= 0.3 is 6.03 Å². The molecule has 1 aliphatic rings. The first-order valence-electron chi connectivity index (χ1n) is 8.73. The summed E-state index contributed by atoms with van der Waals surface area (Å²) in [7, 11) is 0. The number of aryl methyl sites for hydroxylation is 1. The highest BCUT2D eigenvalue weighted by atomic mass is 16.2. The highest BCUT2D eigenvalue weighted by Gasteiger charge is 2.25. The van der Waals surface area contributed by atoms with Crippen molar-refractivity contribution in [1.82, 2.24) is 4.90 Å². The molecule has 0 spiro atoms. The zero-order valence-electron chi connectivity index (χ0n) is 15.3. The normalized spacial score (nSPS) is 20.8. The largest absolute Gasteiger partial charge is 0.326 e. The second kappa shape index (κ2) is 7.69. The summed E-state index contributed by atoms with van der Waals surface area (Å²) >= 11 is 0. The lowest BCUT2D eigenvalue weighted by atomic mass is 9.92. The second-order valence-corrected chi connectivity index (χ2v) is 7.45. The lowest BCUT2D eigenvalue weighted by Crippen LogP contribution is -2.44. The average molecular weight is 331 g/mol. The van der Waals surface area contributed by atoms with Crippen molar-refractivity contribution in [2.75, 3.05) is 23.7 Å². The second-order valence-electron chi connectivity index (χ2n) is 7.45. The van der Waals surface area contributed by atoms with Crippen LogP contribution >= 0.6 is 0 Å². The number of urea groups is 1. The standard InChI is InChI=1S/C19H29N3O2/c1-12(2)18(23)20-16-7-6-15(5)17(9-16)21-19(24)22-10-13(3)8-14(4)11-22/h6-7,9,12-14H,8,10-11H2,1-5H3,(H,20,23)(H,21,24)/t13-,14-/m0/s1. The predicted molar refractivity (Wildman–Crippen MR) is 98.2 cm³/mol. The van der Waals surface area contributed by atoms with Crippen LogP contribution in [0.1, 0.15) is 39.7 Å². The molecule has 2 N–H and O–H groups in total. The molecule has 0 saturated carbocycles. The molecule has 5 nitrogen and oxygen atoms in total. The Balaban J connectivity index is 2.08. The van der Waals surface area contributed by atoms with Crippen molar-refractivity contribution in [3.8, 4) is 0 Å². The van der Waals surface area contributed by atoms with E-state index in [1.807, 2.05) is 43.9 Å². The number of likely N-dealkylation sites (tertiary alicyclic amines) is 1. The number of hydrogen-bond acceptors (Lipinski definition) is 2. The topological polar surface area (TPSA) is 61.4 Å². The first kappa shape index (κ1) is 18.3. The minimum atomic E-state index is -0.0827. The number of amides is 3. The van der Waals surface area contributed by atoms with Crippen LogP contribution in [-0.2, 0) is 4.79 Å². The van der Waals surface area contributed by atoms with Crippen LogP contribution < -0.4 is 10.6 Å². The van der Waals surface area contributed by atoms with Gasteiger partial charge in [0.2, 0.25) is 5.91 Å². The summed E-state index contributed by atoms with van der Waals surface area (Å²) < 4.78 is 0. The van der Waals surface area contributed by atoms with Crippen molar-refractivity contribution in [3.63, 3.8) is 0 Å². The summed E-state index contributed by atoms with van der Waals surface area (Å²) in [5, 5.41) is 5.87. The van der Waals surface area contributed by atoms with E-state index in [1.165, 1.54) is 6.42 Å². The van der Waals surface area contributed by atoms with Crippen LogP contribution in [0.3, 0.4) is 0 Å². The fraction of sp³-hybridized carbons (Fsp3) is 0.579. The summed E-state index contributed by atoms with van der Waals surface area (Å²) in [6.45, 7) is 11.6. The van der Waals surface area contributed by atoms with Crippen molar-refractivity contribution >= 4 is 23.3 Å². The van der Waals surface area contributed by atoms with Crippen LogP contribution in [0.4, 0.5) is 16.2 Å². The molecule has 1 aliphatic heterocycles. The summed E-state index contributed by atoms with van der Waals surface area (Å²) in [5.41, 5.74) is 2.42. The van der Waals surface area contributed by atoms with Gasteiger partial charge in [0.25, 0.3) is 0 Å². The maximum Gasteiger partial charge on any atom is 0.321 e. The molecule has 0 aromatic heterocycles. The van der Waals surface area contributed by atoms with Gasteiger partial charge in [-0.3, -0.25) is 4.79 Å². The highest BCUT2D eigenvalue weighted by Crippen LogP contribution is 2.24. The molecule has 1 aromatic rings. The fourth-order valence-corrected chi connectivity index (χ4v) is 3.14. The first-order valence-corrected chi connectivity index (χ1v) is 8.73. The van der Waals surface area contributed by atoms with Crippen LogP contribution in [-0.4, -0.2) is 29.9 Å². The number of piperidine rings is 1. The van der Waals surface area contributed by atoms with E-state index >= 15 is 0 Å². The molecule has 1 heterocycles. The molecule has 0 radical (unpaired) electrons. The number of carbonyl (C=O) groups is 2. The Labute approximate surface area is 144 Å². The molecule has 0 unspecified atom stereocenters. The van der Waals surface area contributed by atoms with Crippen LogP contribution in [0.2, 0.25) is 0 Å². The van der Waals surface area contributed by atoms with E-state index in [0.717, 1.165) is 24.3 Å². The van der Waals surface area contributed by atoms with Crippen LogP contribution in [0.15, 0.2) is 18.2 Å². The molecular weight excluding hydrogens is 302 g/mol. The number of rotatable bonds is 3. The van der Waals surface area contributed by atoms with Gasteiger partial charge in [-0.1, -0.05) is 33.8 Å². The van der Waals surface area contributed by atoms with Gasteiger partial charge in [0, 0.05) is 30.4 Å². The van der Waals surface area contributed by atoms with Gasteiger partial charge in [-0.05, 0) is 42.9 Å². The molecule has 132 valence electrons. The van der Waals surface area contributed by atoms with Crippen molar-refractivity contribution < 1.29 is 9.59 Å². The van der Waals surface area contributed by atoms with Gasteiger partial charge in [-0.25, -0.2) is 4.79 Å². The van der Waals surface area contributed by atoms with Crippen molar-refractivity contribution in [3.05, 3.63) is 23.8 Å². The third-order valence-electron chi connectivity index (χ3n) is 4.43. The Hall–Kier alpha value is -2.04. The number of nitrogens with zero attached hydrogens (tertiary/aromatic N) is 1. The van der Waals surface area contributed by atoms with Gasteiger partial charge in [-0.15, -0.1) is 0 Å². The van der Waals surface area contributed by atoms with E-state index in [4.69, 9.17) is 0 Å². The van der Waals surface area contributed by atoms with Gasteiger partial charge in [-0.2, -0.15) is 0 Å². The predicted octanol–water partition coefficient (Wildman–Crippen LogP) is 4.10. The minimum absolute atomic E-state index is 0.0326. The van der Waals surface area contributed by atoms with Crippen molar-refractivity contribution in [1.29, 1.82) is 0 Å². The molecule has 5 heteroatoms. The molecule has 1 saturated heterocycles. The molecular formula is C19H29N3O2. The molecule has 1 fully saturated rings. The van der Waals surface area contributed by atoms with E-state index in [0.29, 0.717) is 17.5 Å². The van der Waals surface area contributed by atoms with E-state index in [9.17, 15) is 9.59 Å². The number of anilines is 2. The van der Waals surface area contributed by atoms with E-state index < -0.39 is 0 Å². The Bertz CT molecular complexity index is 603. The van der Waals surface area contributed by atoms with E-state index in [2.05, 4.69) is 24.5 Å². The molecule has 3 amide bonds. The molecule has 2 atom stereocenters. The Morgan fingerprint density at radius 2 is 1.75 bits per heavy atom. The summed E-state index contributed by atoms with van der Waals surface area (Å²) in [6.07, 6.45) is 1.17. The lowest BCUT2D eigenvalue weighted by molar-refractivity contribution is -0.118. The van der Waals surface area contributed by atoms with E-state index in [-0.39, 0.29) is 17.9 Å². The van der Waals surface area contributed by atoms with Crippen molar-refractivity contribution in [2.24, 2.45) is 17.8 Å². The third-order valence-corrected chi connectivity index (χ3v) is 4.43. The maximum atomic E-state index is 12.6. The molecule has 1 aromatic carbocycles. The minimum Gasteiger partial charge on any atom is -0.326 e. The Morgan fingerprint density at radius 3 is 2.33 bits per heavy atom. The smallest absolute Gasteiger partial charge is 0.321 e. The highest BCUT2D eigenvalue weighted by molar-refractivity contribution is 5.94. The van der Waals surface area contributed by atoms with Gasteiger partial charge < -0.3 is 15.5 Å². The van der Waals surface area contributed by atoms with E-state index in [1.54, 1.807) is 0 Å². The average Bonchev–Trinajstić information content (AvgIpc) is 2.49. The first-order chi connectivity index (χ1) is 11.3. The quantitative estimate of drug-likeness (QED) is 0.876. The zero-order chi connectivity index (χ0) is 17.9. The third kappa shape index (κ3) is 4.73. The molecule has 24 heavy (non-hydrogen) atoms. The van der Waals surface area contributed by atoms with Crippen LogP contribution in [0.25, 0.3) is 0 Å². The fourth-order valence-electron chi connectivity index (χ4n) is 3.14. The molecule has 0 aliphatic carbocycles. The summed E-state index contributed by atoms with van der Waals surface area (Å²) in [4.78, 5) is 26.3. The Morgan fingerprint density at radius 1 is 1.12 bits per heavy atom. The van der Waals surface area contributed by atoms with Gasteiger partial charge in [0.05, 0.1) is 0 Å². The van der Waals surface area contributed by atoms with Crippen LogP contribution in [0.5, 0.6) is 0 Å². The molecule has 2 rings (SSSR count). The molecule has 0 bridgehead atoms. The van der Waals surface area contributed by atoms with Crippen LogP contribution in [0, 0.1) is 24.7 Å². The number of benzene rings is 1. The zero-order valence-corrected chi connectivity index (χ0v) is 15.3. The number of hydrogen-bond donors (Lipinski definition) is 2. The summed E-state index contributed by atoms with van der Waals surface area (Å²) in [5.74, 6) is 0.935. The lowest BCUT2D eigenvalue weighted by Gasteiger charge is -2.35. The van der Waals surface area contributed by atoms with Gasteiger partial charge in [0.15, 0.2) is 0 Å².